The van der Waals surface area contributed by atoms with Gasteiger partial charge in [-0.3, -0.25) is 14.6 Å². The van der Waals surface area contributed by atoms with Crippen LogP contribution in [0.2, 0.25) is 0 Å². The number of hydrogen-bond acceptors (Lipinski definition) is 5. The van der Waals surface area contributed by atoms with Crippen LogP contribution in [-0.2, 0) is 9.53 Å². The number of halogens is 5. The highest BCUT2D eigenvalue weighted by Gasteiger charge is 2.65. The van der Waals surface area contributed by atoms with E-state index < -0.39 is 65.0 Å². The molecule has 2 amide bonds. The van der Waals surface area contributed by atoms with Gasteiger partial charge in [0.1, 0.15) is 11.8 Å². The van der Waals surface area contributed by atoms with E-state index in [0.29, 0.717) is 0 Å². The van der Waals surface area contributed by atoms with E-state index in [-0.39, 0.29) is 16.9 Å². The fraction of sp³-hybridized carbons (Fsp3) is 0.381. The molecule has 33 heavy (non-hydrogen) atoms. The predicted octanol–water partition coefficient (Wildman–Crippen LogP) is 3.55. The molecule has 178 valence electrons. The van der Waals surface area contributed by atoms with Gasteiger partial charge >= 0.3 is 6.18 Å². The van der Waals surface area contributed by atoms with Crippen molar-refractivity contribution in [1.82, 2.24) is 4.98 Å². The largest absolute Gasteiger partial charge is 0.493 e. The molecule has 0 bridgehead atoms. The van der Waals surface area contributed by atoms with Gasteiger partial charge in [0, 0.05) is 29.3 Å². The van der Waals surface area contributed by atoms with Crippen molar-refractivity contribution < 1.29 is 42.4 Å². The number of aromatic nitrogens is 1. The summed E-state index contributed by atoms with van der Waals surface area (Å²) in [5.41, 5.74) is 1.74. The first-order valence-corrected chi connectivity index (χ1v) is 9.56. The van der Waals surface area contributed by atoms with Crippen molar-refractivity contribution in [3.63, 3.8) is 0 Å². The lowest BCUT2D eigenvalue weighted by molar-refractivity contribution is -0.272. The van der Waals surface area contributed by atoms with Crippen molar-refractivity contribution in [1.29, 1.82) is 0 Å². The average Bonchev–Trinajstić information content (AvgIpc) is 3.04. The van der Waals surface area contributed by atoms with E-state index >= 15 is 0 Å². The third-order valence-electron chi connectivity index (χ3n) is 5.78. The van der Waals surface area contributed by atoms with Gasteiger partial charge in [0.05, 0.1) is 8.48 Å². The molecule has 1 aliphatic heterocycles. The van der Waals surface area contributed by atoms with Crippen LogP contribution < -0.4 is 15.8 Å². The van der Waals surface area contributed by atoms with E-state index in [4.69, 9.17) is 16.6 Å². The van der Waals surface area contributed by atoms with Gasteiger partial charge < -0.3 is 20.5 Å². The van der Waals surface area contributed by atoms with Crippen LogP contribution in [0.4, 0.5) is 27.6 Å². The fourth-order valence-corrected chi connectivity index (χ4v) is 3.83. The summed E-state index contributed by atoms with van der Waals surface area (Å²) in [6.07, 6.45) is -5.65. The number of primary amides is 1. The Labute approximate surface area is 186 Å². The molecule has 3 rings (SSSR count). The highest BCUT2D eigenvalue weighted by atomic mass is 19.4. The van der Waals surface area contributed by atoms with E-state index in [1.54, 1.807) is 0 Å². The van der Waals surface area contributed by atoms with E-state index in [1.807, 2.05) is 0 Å². The zero-order valence-electron chi connectivity index (χ0n) is 18.6. The van der Waals surface area contributed by atoms with Crippen LogP contribution in [0.5, 0.6) is 5.75 Å². The number of benzene rings is 1. The lowest BCUT2D eigenvalue weighted by Crippen LogP contribution is -2.47. The minimum atomic E-state index is -4.94. The molecule has 0 spiro atoms. The maximum Gasteiger partial charge on any atom is 0.417 e. The second-order valence-corrected chi connectivity index (χ2v) is 7.65. The van der Waals surface area contributed by atoms with E-state index in [1.165, 1.54) is 6.07 Å². The molecule has 1 aromatic heterocycles. The number of alkyl halides is 3. The van der Waals surface area contributed by atoms with Crippen LogP contribution in [0.15, 0.2) is 30.4 Å². The molecule has 1 fully saturated rings. The van der Waals surface area contributed by atoms with Gasteiger partial charge in [-0.05, 0) is 25.1 Å². The molecule has 1 saturated heterocycles. The Balaban J connectivity index is 2.12. The molecular formula is C21H20F5N3O4. The topological polar surface area (TPSA) is 104 Å². The zero-order valence-corrected chi connectivity index (χ0v) is 17.6. The van der Waals surface area contributed by atoms with Gasteiger partial charge in [-0.15, -0.1) is 0 Å². The zero-order chi connectivity index (χ0) is 25.6. The minimum Gasteiger partial charge on any atom is -0.493 e. The molecule has 0 unspecified atom stereocenters. The SMILES string of the molecule is [2H]c1cc([C@@H]2[C@H](C(=O)Nc3ccnc(C(N)=O)c3)O[C@](C)(C(F)(F)F)[C@H]2C)c(OC)c(F)c1F. The number of amides is 2. The highest BCUT2D eigenvalue weighted by molar-refractivity contribution is 5.97. The van der Waals surface area contributed by atoms with Crippen LogP contribution in [0.25, 0.3) is 0 Å². The number of methoxy groups -OCH3 is 1. The second kappa shape index (κ2) is 8.58. The Hall–Kier alpha value is -3.28. The first-order chi connectivity index (χ1) is 15.7. The Morgan fingerprint density at radius 2 is 2.00 bits per heavy atom. The number of pyridine rings is 1. The van der Waals surface area contributed by atoms with Crippen molar-refractivity contribution in [2.45, 2.75) is 37.6 Å². The van der Waals surface area contributed by atoms with E-state index in [0.717, 1.165) is 39.3 Å². The maximum atomic E-state index is 14.5. The molecule has 1 aliphatic rings. The summed E-state index contributed by atoms with van der Waals surface area (Å²) in [7, 11) is 0.978. The van der Waals surface area contributed by atoms with Crippen LogP contribution in [0.1, 0.15) is 37.2 Å². The number of nitrogens with two attached hydrogens (primary N) is 1. The summed E-state index contributed by atoms with van der Waals surface area (Å²) in [6.45, 7) is 1.89. The van der Waals surface area contributed by atoms with Crippen LogP contribution >= 0.6 is 0 Å². The number of carbonyl (C=O) groups excluding carboxylic acids is 2. The average molecular weight is 474 g/mol. The molecule has 3 N–H and O–H groups in total. The molecule has 2 heterocycles. The Morgan fingerprint density at radius 1 is 1.33 bits per heavy atom. The normalized spacial score (nSPS) is 25.5. The number of carbonyl (C=O) groups is 2. The minimum absolute atomic E-state index is 0.0113. The predicted molar refractivity (Wildman–Crippen MR) is 106 cm³/mol. The molecule has 7 nitrogen and oxygen atoms in total. The van der Waals surface area contributed by atoms with Crippen molar-refractivity contribution in [3.8, 4) is 5.75 Å². The lowest BCUT2D eigenvalue weighted by Gasteiger charge is -2.32. The van der Waals surface area contributed by atoms with Gasteiger partial charge in [-0.25, -0.2) is 4.39 Å². The van der Waals surface area contributed by atoms with Gasteiger partial charge in [-0.2, -0.15) is 17.6 Å². The first-order valence-electron chi connectivity index (χ1n) is 10.1. The lowest BCUT2D eigenvalue weighted by atomic mass is 9.77. The molecule has 0 saturated carbocycles. The standard InChI is InChI=1S/C21H20F5N3O4/c1-9-14(11-4-5-12(22)15(23)16(11)32-3)17(33-20(9,2)21(24,25)26)19(31)29-10-6-7-28-13(8-10)18(27)30/h4-9,14,17H,1-3H3,(H2,27,30)(H,28,29,31)/t9-,14+,17+,20-/m0/s1/i5D. The molecular weight excluding hydrogens is 453 g/mol. The van der Waals surface area contributed by atoms with Gasteiger partial charge in [0.2, 0.25) is 5.82 Å². The molecule has 4 atom stereocenters. The summed E-state index contributed by atoms with van der Waals surface area (Å²) in [4.78, 5) is 28.1. The Morgan fingerprint density at radius 3 is 2.58 bits per heavy atom. The van der Waals surface area contributed by atoms with E-state index in [2.05, 4.69) is 10.3 Å². The summed E-state index contributed by atoms with van der Waals surface area (Å²) < 4.78 is 88.2. The van der Waals surface area contributed by atoms with Crippen molar-refractivity contribution in [3.05, 3.63) is 53.3 Å². The third-order valence-corrected chi connectivity index (χ3v) is 5.78. The fourth-order valence-electron chi connectivity index (χ4n) is 3.83. The van der Waals surface area contributed by atoms with Crippen molar-refractivity contribution in [2.24, 2.45) is 11.7 Å². The van der Waals surface area contributed by atoms with Crippen molar-refractivity contribution >= 4 is 17.5 Å². The molecule has 12 heteroatoms. The van der Waals surface area contributed by atoms with Gasteiger partial charge in [-0.1, -0.05) is 13.0 Å². The van der Waals surface area contributed by atoms with Crippen LogP contribution in [-0.4, -0.2) is 41.8 Å². The third kappa shape index (κ3) is 4.22. The Bertz CT molecular complexity index is 1150. The summed E-state index contributed by atoms with van der Waals surface area (Å²) in [6, 6.07) is 2.25. The number of ether oxygens (including phenoxy) is 2. The molecule has 2 aromatic rings. The number of rotatable bonds is 5. The Kier molecular flexibility index (Phi) is 5.95. The second-order valence-electron chi connectivity index (χ2n) is 7.65. The van der Waals surface area contributed by atoms with Gasteiger partial charge in [0.15, 0.2) is 17.2 Å². The van der Waals surface area contributed by atoms with Crippen molar-refractivity contribution in [2.75, 3.05) is 12.4 Å². The quantitative estimate of drug-likeness (QED) is 0.646. The number of nitrogens with zero attached hydrogens (tertiary/aromatic N) is 1. The van der Waals surface area contributed by atoms with Crippen LogP contribution in [0, 0.1) is 17.6 Å². The van der Waals surface area contributed by atoms with Gasteiger partial charge in [0.25, 0.3) is 11.8 Å². The number of nitrogens with one attached hydrogen (secondary N) is 1. The highest BCUT2D eigenvalue weighted by Crippen LogP contribution is 2.55. The molecule has 1 aromatic carbocycles. The first kappa shape index (κ1) is 22.9. The summed E-state index contributed by atoms with van der Waals surface area (Å²) in [5, 5.41) is 2.33. The smallest absolute Gasteiger partial charge is 0.417 e. The summed E-state index contributed by atoms with van der Waals surface area (Å²) >= 11 is 0. The number of hydrogen-bond donors (Lipinski definition) is 2. The maximum absolute atomic E-state index is 14.5. The van der Waals surface area contributed by atoms with Crippen LogP contribution in [0.3, 0.4) is 0 Å². The summed E-state index contributed by atoms with van der Waals surface area (Å²) in [5.74, 6) is -8.81. The van der Waals surface area contributed by atoms with E-state index in [9.17, 15) is 31.5 Å². The number of anilines is 1. The monoisotopic (exact) mass is 474 g/mol. The molecule has 0 aliphatic carbocycles. The molecule has 0 radical (unpaired) electrons.